The Hall–Kier alpha value is -1.87. The van der Waals surface area contributed by atoms with Crippen LogP contribution in [0.15, 0.2) is 49.1 Å². The Kier molecular flexibility index (Phi) is 2.34. The van der Waals surface area contributed by atoms with Crippen molar-refractivity contribution in [2.75, 3.05) is 0 Å². The fourth-order valence-corrected chi connectivity index (χ4v) is 3.18. The number of fused-ring (bicyclic) bond motifs is 3. The number of nitrogens with one attached hydrogen (secondary N) is 1. The van der Waals surface area contributed by atoms with Crippen LogP contribution in [0.5, 0.6) is 0 Å². The molecule has 0 spiro atoms. The van der Waals surface area contributed by atoms with Crippen LogP contribution in [0.1, 0.15) is 0 Å². The lowest BCUT2D eigenvalue weighted by atomic mass is 10.1. The smallest absolute Gasteiger partial charge is 0.183 e. The first-order valence-electron chi connectivity index (χ1n) is 5.48. The van der Waals surface area contributed by atoms with Crippen LogP contribution in [0.4, 0.5) is 0 Å². The Balaban J connectivity index is 2.49. The molecule has 0 atom stereocenters. The summed E-state index contributed by atoms with van der Waals surface area (Å²) in [6.45, 7) is 4.44. The van der Waals surface area contributed by atoms with Crippen LogP contribution in [0, 0.1) is 5.41 Å². The molecule has 3 rings (SSSR count). The maximum Gasteiger partial charge on any atom is 0.183 e. The molecule has 2 aromatic carbocycles. The minimum Gasteiger partial charge on any atom is -0.313 e. The zero-order chi connectivity index (χ0) is 11.8. The molecule has 1 heterocycles. The Morgan fingerprint density at radius 3 is 2.88 bits per heavy atom. The zero-order valence-electron chi connectivity index (χ0n) is 9.31. The molecule has 0 radical (unpaired) electrons. The minimum atomic E-state index is 0.580. The molecule has 3 aromatic rings. The van der Waals surface area contributed by atoms with Gasteiger partial charge >= 0.3 is 0 Å². The lowest BCUT2D eigenvalue weighted by Gasteiger charge is -2.02. The van der Waals surface area contributed by atoms with Crippen LogP contribution in [0.2, 0.25) is 0 Å². The molecule has 0 aliphatic rings. The van der Waals surface area contributed by atoms with E-state index >= 15 is 0 Å². The van der Waals surface area contributed by atoms with Gasteiger partial charge in [0.1, 0.15) is 0 Å². The quantitative estimate of drug-likeness (QED) is 0.664. The summed E-state index contributed by atoms with van der Waals surface area (Å²) in [5.41, 5.74) is 1.12. The fraction of sp³-hybridized carbons (Fsp3) is 0.0714. The summed E-state index contributed by atoms with van der Waals surface area (Å²) in [7, 11) is 0. The third-order valence-electron chi connectivity index (χ3n) is 2.91. The van der Waals surface area contributed by atoms with E-state index in [0.29, 0.717) is 11.3 Å². The van der Waals surface area contributed by atoms with Crippen LogP contribution in [-0.4, -0.2) is 4.57 Å². The summed E-state index contributed by atoms with van der Waals surface area (Å²) in [5, 5.41) is 10.5. The Morgan fingerprint density at radius 1 is 1.24 bits per heavy atom. The summed E-state index contributed by atoms with van der Waals surface area (Å²) in [5.74, 6) is 0. The molecule has 0 saturated carbocycles. The normalized spacial score (nSPS) is 11.1. The summed E-state index contributed by atoms with van der Waals surface area (Å²) in [4.78, 5) is 0.580. The van der Waals surface area contributed by atoms with Crippen molar-refractivity contribution < 1.29 is 0 Å². The highest BCUT2D eigenvalue weighted by Gasteiger charge is 2.07. The van der Waals surface area contributed by atoms with Gasteiger partial charge in [0.05, 0.1) is 10.2 Å². The summed E-state index contributed by atoms with van der Waals surface area (Å²) >= 11 is 1.53. The molecule has 0 saturated heterocycles. The molecule has 84 valence electrons. The number of thiazole rings is 1. The van der Waals surface area contributed by atoms with Crippen molar-refractivity contribution in [1.82, 2.24) is 4.57 Å². The van der Waals surface area contributed by atoms with Crippen molar-refractivity contribution in [1.29, 1.82) is 5.41 Å². The molecule has 17 heavy (non-hydrogen) atoms. The van der Waals surface area contributed by atoms with Gasteiger partial charge < -0.3 is 4.57 Å². The second-order valence-corrected chi connectivity index (χ2v) is 4.94. The van der Waals surface area contributed by atoms with Gasteiger partial charge in [-0.2, -0.15) is 0 Å². The van der Waals surface area contributed by atoms with Crippen molar-refractivity contribution in [3.8, 4) is 0 Å². The molecular formula is C14H12N2S. The maximum atomic E-state index is 8.01. The second-order valence-electron chi connectivity index (χ2n) is 3.94. The molecule has 0 unspecified atom stereocenters. The van der Waals surface area contributed by atoms with Crippen LogP contribution in [-0.2, 0) is 6.54 Å². The number of hydrogen-bond donors (Lipinski definition) is 1. The number of benzene rings is 2. The molecule has 0 aliphatic carbocycles. The van der Waals surface area contributed by atoms with Gasteiger partial charge in [0.15, 0.2) is 4.80 Å². The number of aromatic nitrogens is 1. The third-order valence-corrected chi connectivity index (χ3v) is 3.95. The van der Waals surface area contributed by atoms with Gasteiger partial charge in [0.2, 0.25) is 0 Å². The van der Waals surface area contributed by atoms with Crippen LogP contribution in [0.25, 0.3) is 21.0 Å². The standard InChI is InChI=1S/C14H12N2S/c1-2-9-16-12-8-7-10-5-3-4-6-11(10)13(12)17-14(16)15/h2-8,15H,1,9H2. The van der Waals surface area contributed by atoms with Gasteiger partial charge in [0.25, 0.3) is 0 Å². The van der Waals surface area contributed by atoms with Gasteiger partial charge in [-0.05, 0) is 11.5 Å². The van der Waals surface area contributed by atoms with Crippen LogP contribution < -0.4 is 4.80 Å². The lowest BCUT2D eigenvalue weighted by Crippen LogP contribution is -2.11. The number of rotatable bonds is 2. The SMILES string of the molecule is C=CCn1c(=N)sc2c3ccccc3ccc21. The van der Waals surface area contributed by atoms with E-state index in [0.717, 1.165) is 5.52 Å². The van der Waals surface area contributed by atoms with Crippen molar-refractivity contribution in [2.24, 2.45) is 0 Å². The third kappa shape index (κ3) is 1.51. The largest absolute Gasteiger partial charge is 0.313 e. The predicted molar refractivity (Wildman–Crippen MR) is 73.4 cm³/mol. The average Bonchev–Trinajstić information content (AvgIpc) is 2.67. The Morgan fingerprint density at radius 2 is 2.06 bits per heavy atom. The van der Waals surface area contributed by atoms with E-state index in [1.807, 2.05) is 22.8 Å². The number of nitrogens with zero attached hydrogens (tertiary/aromatic N) is 1. The summed E-state index contributed by atoms with van der Waals surface area (Å²) < 4.78 is 3.18. The summed E-state index contributed by atoms with van der Waals surface area (Å²) in [6.07, 6.45) is 1.83. The first-order valence-corrected chi connectivity index (χ1v) is 6.29. The monoisotopic (exact) mass is 240 g/mol. The highest BCUT2D eigenvalue weighted by Crippen LogP contribution is 2.27. The summed E-state index contributed by atoms with van der Waals surface area (Å²) in [6, 6.07) is 12.5. The van der Waals surface area contributed by atoms with Crippen LogP contribution >= 0.6 is 11.3 Å². The molecule has 2 nitrogen and oxygen atoms in total. The van der Waals surface area contributed by atoms with Crippen LogP contribution in [0.3, 0.4) is 0 Å². The molecule has 1 aromatic heterocycles. The van der Waals surface area contributed by atoms with Gasteiger partial charge in [-0.15, -0.1) is 6.58 Å². The van der Waals surface area contributed by atoms with Crippen molar-refractivity contribution in [3.63, 3.8) is 0 Å². The van der Waals surface area contributed by atoms with E-state index in [-0.39, 0.29) is 0 Å². The van der Waals surface area contributed by atoms with E-state index in [1.165, 1.54) is 26.8 Å². The molecule has 0 fully saturated rings. The van der Waals surface area contributed by atoms with E-state index in [9.17, 15) is 0 Å². The lowest BCUT2D eigenvalue weighted by molar-refractivity contribution is 0.812. The predicted octanol–water partition coefficient (Wildman–Crippen LogP) is 3.52. The van der Waals surface area contributed by atoms with Gasteiger partial charge in [-0.25, -0.2) is 0 Å². The number of allylic oxidation sites excluding steroid dienone is 1. The first kappa shape index (κ1) is 10.3. The zero-order valence-corrected chi connectivity index (χ0v) is 10.1. The molecule has 3 heteroatoms. The van der Waals surface area contributed by atoms with E-state index in [1.54, 1.807) is 0 Å². The van der Waals surface area contributed by atoms with Crippen molar-refractivity contribution in [2.45, 2.75) is 6.54 Å². The molecule has 0 aliphatic heterocycles. The average molecular weight is 240 g/mol. The topological polar surface area (TPSA) is 28.8 Å². The molecule has 0 amide bonds. The molecule has 1 N–H and O–H groups in total. The van der Waals surface area contributed by atoms with Gasteiger partial charge in [-0.3, -0.25) is 5.41 Å². The first-order chi connectivity index (χ1) is 8.31. The van der Waals surface area contributed by atoms with Gasteiger partial charge in [-0.1, -0.05) is 47.7 Å². The molecule has 0 bridgehead atoms. The van der Waals surface area contributed by atoms with Crippen molar-refractivity contribution >= 4 is 32.3 Å². The highest BCUT2D eigenvalue weighted by molar-refractivity contribution is 7.17. The van der Waals surface area contributed by atoms with E-state index in [4.69, 9.17) is 5.41 Å². The van der Waals surface area contributed by atoms with E-state index in [2.05, 4.69) is 30.8 Å². The second kappa shape index (κ2) is 3.86. The van der Waals surface area contributed by atoms with Crippen molar-refractivity contribution in [3.05, 3.63) is 53.9 Å². The molecular weight excluding hydrogens is 228 g/mol. The van der Waals surface area contributed by atoms with Gasteiger partial charge in [0, 0.05) is 11.9 Å². The Bertz CT molecular complexity index is 765. The Labute approximate surface area is 103 Å². The fourth-order valence-electron chi connectivity index (χ4n) is 2.12. The number of hydrogen-bond acceptors (Lipinski definition) is 2. The minimum absolute atomic E-state index is 0.580. The maximum absolute atomic E-state index is 8.01. The highest BCUT2D eigenvalue weighted by atomic mass is 32.1. The van der Waals surface area contributed by atoms with E-state index < -0.39 is 0 Å².